The molecule has 2 aromatic rings. The van der Waals surface area contributed by atoms with Crippen LogP contribution in [0.5, 0.6) is 0 Å². The Labute approximate surface area is 110 Å². The first-order chi connectivity index (χ1) is 8.84. The summed E-state index contributed by atoms with van der Waals surface area (Å²) in [6.45, 7) is 0. The molecular weight excluding hydrogens is 218 g/mol. The van der Waals surface area contributed by atoms with Crippen LogP contribution in [0, 0.1) is 0 Å². The molecule has 0 aliphatic carbocycles. The van der Waals surface area contributed by atoms with E-state index in [1.807, 2.05) is 12.1 Å². The number of anilines is 1. The molecule has 0 aliphatic rings. The van der Waals surface area contributed by atoms with Gasteiger partial charge in [-0.05, 0) is 48.9 Å². The number of hydrogen-bond acceptors (Lipinski definition) is 1. The van der Waals surface area contributed by atoms with E-state index in [4.69, 9.17) is 5.73 Å². The standard InChI is InChI=1S/C17H21N/c18-17-13-7-12-16(14-17)11-6-2-5-10-15-8-3-1-4-9-15/h1,3-4,7-9,12-14H,2,5-6,10-11,18H2. The van der Waals surface area contributed by atoms with Gasteiger partial charge in [0.25, 0.3) is 0 Å². The Balaban J connectivity index is 1.65. The van der Waals surface area contributed by atoms with Gasteiger partial charge < -0.3 is 5.73 Å². The highest BCUT2D eigenvalue weighted by Crippen LogP contribution is 2.12. The van der Waals surface area contributed by atoms with Crippen LogP contribution >= 0.6 is 0 Å². The van der Waals surface area contributed by atoms with Crippen molar-refractivity contribution in [1.29, 1.82) is 0 Å². The molecular formula is C17H21N. The lowest BCUT2D eigenvalue weighted by atomic mass is 10.0. The largest absolute Gasteiger partial charge is 0.399 e. The molecule has 2 N–H and O–H groups in total. The maximum Gasteiger partial charge on any atom is 0.0316 e. The van der Waals surface area contributed by atoms with Crippen LogP contribution in [0.15, 0.2) is 54.6 Å². The molecule has 0 heterocycles. The predicted octanol–water partition coefficient (Wildman–Crippen LogP) is 4.22. The fourth-order valence-corrected chi connectivity index (χ4v) is 2.23. The van der Waals surface area contributed by atoms with Crippen molar-refractivity contribution < 1.29 is 0 Å². The summed E-state index contributed by atoms with van der Waals surface area (Å²) in [6, 6.07) is 18.9. The molecule has 0 spiro atoms. The maximum atomic E-state index is 5.77. The number of nitrogen functional groups attached to an aromatic ring is 1. The lowest BCUT2D eigenvalue weighted by Crippen LogP contribution is -1.90. The van der Waals surface area contributed by atoms with Gasteiger partial charge in [-0.25, -0.2) is 0 Å². The number of aryl methyl sites for hydroxylation is 2. The van der Waals surface area contributed by atoms with Crippen LogP contribution < -0.4 is 5.73 Å². The summed E-state index contributed by atoms with van der Waals surface area (Å²) in [5.41, 5.74) is 9.44. The Hall–Kier alpha value is -1.76. The second-order valence-corrected chi connectivity index (χ2v) is 4.79. The summed E-state index contributed by atoms with van der Waals surface area (Å²) < 4.78 is 0. The molecule has 1 heteroatoms. The van der Waals surface area contributed by atoms with Gasteiger partial charge in [-0.2, -0.15) is 0 Å². The highest BCUT2D eigenvalue weighted by molar-refractivity contribution is 5.40. The lowest BCUT2D eigenvalue weighted by Gasteiger charge is -2.03. The van der Waals surface area contributed by atoms with Gasteiger partial charge in [0.2, 0.25) is 0 Å². The minimum atomic E-state index is 0.872. The summed E-state index contributed by atoms with van der Waals surface area (Å²) in [7, 11) is 0. The molecule has 0 radical (unpaired) electrons. The van der Waals surface area contributed by atoms with Crippen molar-refractivity contribution in [2.24, 2.45) is 0 Å². The number of nitrogens with two attached hydrogens (primary N) is 1. The van der Waals surface area contributed by atoms with E-state index in [0.29, 0.717) is 0 Å². The van der Waals surface area contributed by atoms with Gasteiger partial charge in [0.05, 0.1) is 0 Å². The number of unbranched alkanes of at least 4 members (excludes halogenated alkanes) is 2. The van der Waals surface area contributed by atoms with Crippen LogP contribution in [0.4, 0.5) is 5.69 Å². The fraction of sp³-hybridized carbons (Fsp3) is 0.294. The molecule has 0 amide bonds. The third-order valence-electron chi connectivity index (χ3n) is 3.22. The van der Waals surface area contributed by atoms with Gasteiger partial charge in [0.1, 0.15) is 0 Å². The average molecular weight is 239 g/mol. The van der Waals surface area contributed by atoms with Crippen LogP contribution in [0.2, 0.25) is 0 Å². The van der Waals surface area contributed by atoms with E-state index in [0.717, 1.165) is 12.1 Å². The smallest absolute Gasteiger partial charge is 0.0316 e. The van der Waals surface area contributed by atoms with Crippen molar-refractivity contribution in [3.05, 3.63) is 65.7 Å². The topological polar surface area (TPSA) is 26.0 Å². The third-order valence-corrected chi connectivity index (χ3v) is 3.22. The molecule has 0 bridgehead atoms. The Morgan fingerprint density at radius 1 is 0.667 bits per heavy atom. The summed E-state index contributed by atoms with van der Waals surface area (Å²) in [6.07, 6.45) is 6.13. The zero-order valence-corrected chi connectivity index (χ0v) is 10.8. The van der Waals surface area contributed by atoms with Crippen molar-refractivity contribution in [2.75, 3.05) is 5.73 Å². The highest BCUT2D eigenvalue weighted by atomic mass is 14.5. The molecule has 18 heavy (non-hydrogen) atoms. The molecule has 2 rings (SSSR count). The number of hydrogen-bond donors (Lipinski definition) is 1. The molecule has 0 fully saturated rings. The van der Waals surface area contributed by atoms with Gasteiger partial charge in [0.15, 0.2) is 0 Å². The van der Waals surface area contributed by atoms with Gasteiger partial charge in [-0.15, -0.1) is 0 Å². The summed E-state index contributed by atoms with van der Waals surface area (Å²) in [4.78, 5) is 0. The molecule has 0 aromatic heterocycles. The van der Waals surface area contributed by atoms with E-state index >= 15 is 0 Å². The highest BCUT2D eigenvalue weighted by Gasteiger charge is 1.95. The number of rotatable bonds is 6. The summed E-state index contributed by atoms with van der Waals surface area (Å²) >= 11 is 0. The predicted molar refractivity (Wildman–Crippen MR) is 78.6 cm³/mol. The molecule has 0 saturated heterocycles. The zero-order chi connectivity index (χ0) is 12.6. The van der Waals surface area contributed by atoms with Crippen LogP contribution in [0.1, 0.15) is 30.4 Å². The molecule has 0 unspecified atom stereocenters. The quantitative estimate of drug-likeness (QED) is 0.592. The Morgan fingerprint density at radius 2 is 1.33 bits per heavy atom. The Bertz CT molecular complexity index is 462. The van der Waals surface area contributed by atoms with Gasteiger partial charge in [-0.1, -0.05) is 48.9 Å². The van der Waals surface area contributed by atoms with Crippen molar-refractivity contribution in [3.63, 3.8) is 0 Å². The monoisotopic (exact) mass is 239 g/mol. The SMILES string of the molecule is Nc1cccc(CCCCCc2ccccc2)c1. The van der Waals surface area contributed by atoms with Crippen LogP contribution in [0.3, 0.4) is 0 Å². The van der Waals surface area contributed by atoms with Gasteiger partial charge in [-0.3, -0.25) is 0 Å². The first-order valence-corrected chi connectivity index (χ1v) is 6.73. The first-order valence-electron chi connectivity index (χ1n) is 6.73. The Kier molecular flexibility index (Phi) is 4.83. The molecule has 1 nitrogen and oxygen atoms in total. The van der Waals surface area contributed by atoms with E-state index < -0.39 is 0 Å². The van der Waals surface area contributed by atoms with Crippen molar-refractivity contribution in [1.82, 2.24) is 0 Å². The lowest BCUT2D eigenvalue weighted by molar-refractivity contribution is 0.678. The molecule has 0 aliphatic heterocycles. The van der Waals surface area contributed by atoms with Crippen molar-refractivity contribution in [2.45, 2.75) is 32.1 Å². The van der Waals surface area contributed by atoms with Crippen molar-refractivity contribution >= 4 is 5.69 Å². The van der Waals surface area contributed by atoms with E-state index in [1.54, 1.807) is 0 Å². The minimum Gasteiger partial charge on any atom is -0.399 e. The summed E-state index contributed by atoms with van der Waals surface area (Å²) in [5.74, 6) is 0. The maximum absolute atomic E-state index is 5.77. The number of benzene rings is 2. The zero-order valence-electron chi connectivity index (χ0n) is 10.8. The molecule has 2 aromatic carbocycles. The van der Waals surface area contributed by atoms with Crippen LogP contribution in [-0.2, 0) is 12.8 Å². The normalized spacial score (nSPS) is 10.4. The van der Waals surface area contributed by atoms with Gasteiger partial charge in [0, 0.05) is 5.69 Å². The summed E-state index contributed by atoms with van der Waals surface area (Å²) in [5, 5.41) is 0. The minimum absolute atomic E-state index is 0.872. The van der Waals surface area contributed by atoms with Crippen molar-refractivity contribution in [3.8, 4) is 0 Å². The molecule has 0 atom stereocenters. The van der Waals surface area contributed by atoms with Crippen LogP contribution in [-0.4, -0.2) is 0 Å². The van der Waals surface area contributed by atoms with E-state index in [9.17, 15) is 0 Å². The Morgan fingerprint density at radius 3 is 2.06 bits per heavy atom. The van der Waals surface area contributed by atoms with Crippen LogP contribution in [0.25, 0.3) is 0 Å². The van der Waals surface area contributed by atoms with E-state index in [-0.39, 0.29) is 0 Å². The fourth-order valence-electron chi connectivity index (χ4n) is 2.23. The van der Waals surface area contributed by atoms with Gasteiger partial charge >= 0.3 is 0 Å². The average Bonchev–Trinajstić information content (AvgIpc) is 2.40. The second-order valence-electron chi connectivity index (χ2n) is 4.79. The molecule has 0 saturated carbocycles. The first kappa shape index (κ1) is 12.7. The van der Waals surface area contributed by atoms with E-state index in [2.05, 4.69) is 42.5 Å². The molecule has 94 valence electrons. The van der Waals surface area contributed by atoms with E-state index in [1.165, 1.54) is 36.8 Å². The third kappa shape index (κ3) is 4.25. The second kappa shape index (κ2) is 6.85.